The zero-order valence-electron chi connectivity index (χ0n) is 19.5. The number of nitrogen functional groups attached to an aromatic ring is 1. The van der Waals surface area contributed by atoms with Crippen LogP contribution in [-0.2, 0) is 22.6 Å². The molecule has 0 aliphatic carbocycles. The number of ether oxygens (including phenoxy) is 1. The average molecular weight is 485 g/mol. The van der Waals surface area contributed by atoms with Crippen LogP contribution < -0.4 is 21.9 Å². The Morgan fingerprint density at radius 1 is 1.12 bits per heavy atom. The Morgan fingerprint density at radius 2 is 1.76 bits per heavy atom. The van der Waals surface area contributed by atoms with Crippen molar-refractivity contribution in [2.45, 2.75) is 32.9 Å². The lowest BCUT2D eigenvalue weighted by molar-refractivity contribution is -0.121. The molecule has 34 heavy (non-hydrogen) atoms. The van der Waals surface area contributed by atoms with E-state index in [0.717, 1.165) is 11.1 Å². The fourth-order valence-corrected chi connectivity index (χ4v) is 4.05. The number of hydrogen-bond acceptors (Lipinski definition) is 5. The normalized spacial score (nSPS) is 12.0. The molecule has 8 nitrogen and oxygen atoms in total. The van der Waals surface area contributed by atoms with Crippen LogP contribution in [0, 0.1) is 5.92 Å². The van der Waals surface area contributed by atoms with Crippen LogP contribution in [0.15, 0.2) is 64.2 Å². The fourth-order valence-electron chi connectivity index (χ4n) is 3.93. The summed E-state index contributed by atoms with van der Waals surface area (Å²) >= 11 is 6.06. The number of amides is 1. The van der Waals surface area contributed by atoms with Crippen molar-refractivity contribution in [3.05, 3.63) is 91.6 Å². The maximum absolute atomic E-state index is 14.1. The van der Waals surface area contributed by atoms with E-state index in [1.807, 2.05) is 44.2 Å². The number of methoxy groups -OCH3 is 1. The minimum absolute atomic E-state index is 0.0656. The molecule has 0 aliphatic rings. The highest BCUT2D eigenvalue weighted by Gasteiger charge is 2.33. The first-order valence-corrected chi connectivity index (χ1v) is 11.3. The molecule has 0 spiro atoms. The van der Waals surface area contributed by atoms with Gasteiger partial charge in [-0.15, -0.1) is 0 Å². The summed E-state index contributed by atoms with van der Waals surface area (Å²) in [4.78, 5) is 43.2. The van der Waals surface area contributed by atoms with Crippen molar-refractivity contribution in [1.82, 2.24) is 9.55 Å². The van der Waals surface area contributed by atoms with E-state index < -0.39 is 17.2 Å². The number of hydrogen-bond donors (Lipinski definition) is 2. The van der Waals surface area contributed by atoms with Crippen LogP contribution in [-0.4, -0.2) is 29.2 Å². The van der Waals surface area contributed by atoms with Crippen LogP contribution in [0.25, 0.3) is 0 Å². The van der Waals surface area contributed by atoms with Crippen molar-refractivity contribution in [3.8, 4) is 0 Å². The topological polar surface area (TPSA) is 110 Å². The summed E-state index contributed by atoms with van der Waals surface area (Å²) in [5, 5.41) is 0.561. The number of anilines is 2. The second-order valence-electron chi connectivity index (χ2n) is 8.32. The molecule has 1 atom stereocenters. The molecule has 3 rings (SSSR count). The summed E-state index contributed by atoms with van der Waals surface area (Å²) in [5.41, 5.74) is 6.46. The SMILES string of the molecule is COCCn1c(N)c(N(Cc2ccccc2)C(=O)C(c2ccc(Cl)cc2)C(C)C)c(=O)[nH]c1=O. The number of nitrogens with two attached hydrogens (primary N) is 1. The second kappa shape index (κ2) is 11.2. The van der Waals surface area contributed by atoms with Crippen molar-refractivity contribution < 1.29 is 9.53 Å². The van der Waals surface area contributed by atoms with E-state index in [-0.39, 0.29) is 43.0 Å². The molecule has 1 heterocycles. The molecule has 0 radical (unpaired) electrons. The van der Waals surface area contributed by atoms with E-state index in [4.69, 9.17) is 22.1 Å². The van der Waals surface area contributed by atoms with Crippen molar-refractivity contribution in [3.63, 3.8) is 0 Å². The largest absolute Gasteiger partial charge is 0.383 e. The molecule has 0 saturated carbocycles. The first-order valence-electron chi connectivity index (χ1n) is 11.0. The summed E-state index contributed by atoms with van der Waals surface area (Å²) in [7, 11) is 1.50. The first-order chi connectivity index (χ1) is 16.2. The zero-order chi connectivity index (χ0) is 24.8. The van der Waals surface area contributed by atoms with Gasteiger partial charge in [0.15, 0.2) is 5.69 Å². The van der Waals surface area contributed by atoms with Gasteiger partial charge >= 0.3 is 5.69 Å². The highest BCUT2D eigenvalue weighted by atomic mass is 35.5. The molecule has 1 unspecified atom stereocenters. The number of halogens is 1. The molecular weight excluding hydrogens is 456 g/mol. The minimum Gasteiger partial charge on any atom is -0.383 e. The number of rotatable bonds is 9. The fraction of sp³-hybridized carbons (Fsp3) is 0.320. The highest BCUT2D eigenvalue weighted by Crippen LogP contribution is 2.31. The Balaban J connectivity index is 2.18. The number of benzene rings is 2. The molecule has 0 aliphatic heterocycles. The number of H-pyrrole nitrogens is 1. The molecular formula is C25H29ClN4O4. The maximum atomic E-state index is 14.1. The van der Waals surface area contributed by atoms with Crippen LogP contribution in [0.1, 0.15) is 30.9 Å². The Hall–Kier alpha value is -3.36. The Bertz CT molecular complexity index is 1240. The van der Waals surface area contributed by atoms with E-state index in [9.17, 15) is 14.4 Å². The second-order valence-corrected chi connectivity index (χ2v) is 8.76. The van der Waals surface area contributed by atoms with E-state index >= 15 is 0 Å². The third-order valence-corrected chi connectivity index (χ3v) is 5.87. The van der Waals surface area contributed by atoms with Crippen molar-refractivity contribution in [2.75, 3.05) is 24.4 Å². The molecule has 0 fully saturated rings. The van der Waals surface area contributed by atoms with Crippen LogP contribution >= 0.6 is 11.6 Å². The summed E-state index contributed by atoms with van der Waals surface area (Å²) in [6.07, 6.45) is 0. The number of nitrogens with one attached hydrogen (secondary N) is 1. The van der Waals surface area contributed by atoms with Gasteiger partial charge in [-0.1, -0.05) is 67.9 Å². The molecule has 180 valence electrons. The third-order valence-electron chi connectivity index (χ3n) is 5.61. The van der Waals surface area contributed by atoms with Crippen LogP contribution in [0.3, 0.4) is 0 Å². The van der Waals surface area contributed by atoms with Gasteiger partial charge in [0, 0.05) is 12.1 Å². The number of aromatic nitrogens is 2. The molecule has 1 amide bonds. The van der Waals surface area contributed by atoms with Crippen molar-refractivity contribution in [1.29, 1.82) is 0 Å². The lowest BCUT2D eigenvalue weighted by Crippen LogP contribution is -2.43. The van der Waals surface area contributed by atoms with Gasteiger partial charge in [-0.3, -0.25) is 24.0 Å². The standard InChI is InChI=1S/C25H29ClN4O4/c1-16(2)20(18-9-11-19(26)12-10-18)24(32)30(15-17-7-5-4-6-8-17)21-22(27)29(13-14-34-3)25(33)28-23(21)31/h4-12,16,20H,13-15,27H2,1-3H3,(H,28,31,33). The van der Waals surface area contributed by atoms with Gasteiger partial charge in [0.25, 0.3) is 5.56 Å². The van der Waals surface area contributed by atoms with Gasteiger partial charge in [-0.05, 0) is 29.2 Å². The number of aromatic amines is 1. The minimum atomic E-state index is -0.723. The molecule has 3 aromatic rings. The number of carbonyl (C=O) groups excluding carboxylic acids is 1. The molecule has 0 saturated heterocycles. The van der Waals surface area contributed by atoms with Crippen molar-refractivity contribution >= 4 is 29.0 Å². The van der Waals surface area contributed by atoms with Crippen LogP contribution in [0.2, 0.25) is 5.02 Å². The lowest BCUT2D eigenvalue weighted by Gasteiger charge is -2.30. The molecule has 1 aromatic heterocycles. The van der Waals surface area contributed by atoms with Gasteiger partial charge in [0.05, 0.1) is 25.6 Å². The first kappa shape index (κ1) is 25.3. The summed E-state index contributed by atoms with van der Waals surface area (Å²) < 4.78 is 6.27. The van der Waals surface area contributed by atoms with Gasteiger partial charge in [-0.25, -0.2) is 4.79 Å². The summed E-state index contributed by atoms with van der Waals surface area (Å²) in [6, 6.07) is 16.4. The highest BCUT2D eigenvalue weighted by molar-refractivity contribution is 6.30. The molecule has 3 N–H and O–H groups in total. The lowest BCUT2D eigenvalue weighted by atomic mass is 9.87. The Kier molecular flexibility index (Phi) is 8.31. The van der Waals surface area contributed by atoms with Gasteiger partial charge < -0.3 is 10.5 Å². The number of nitrogens with zero attached hydrogens (tertiary/aromatic N) is 2. The average Bonchev–Trinajstić information content (AvgIpc) is 2.80. The van der Waals surface area contributed by atoms with Crippen LogP contribution in [0.4, 0.5) is 11.5 Å². The predicted octanol–water partition coefficient (Wildman–Crippen LogP) is 3.39. The van der Waals surface area contributed by atoms with Gasteiger partial charge in [0.1, 0.15) is 5.82 Å². The van der Waals surface area contributed by atoms with E-state index in [2.05, 4.69) is 4.98 Å². The quantitative estimate of drug-likeness (QED) is 0.483. The molecule has 9 heteroatoms. The zero-order valence-corrected chi connectivity index (χ0v) is 20.2. The van der Waals surface area contributed by atoms with Crippen molar-refractivity contribution in [2.24, 2.45) is 5.92 Å². The molecule has 0 bridgehead atoms. The monoisotopic (exact) mass is 484 g/mol. The Morgan fingerprint density at radius 3 is 2.35 bits per heavy atom. The summed E-state index contributed by atoms with van der Waals surface area (Å²) in [6.45, 7) is 4.31. The van der Waals surface area contributed by atoms with Crippen LogP contribution in [0.5, 0.6) is 0 Å². The third kappa shape index (κ3) is 5.58. The molecule has 2 aromatic carbocycles. The Labute approximate surface area is 202 Å². The number of carbonyl (C=O) groups is 1. The van der Waals surface area contributed by atoms with E-state index in [0.29, 0.717) is 5.02 Å². The van der Waals surface area contributed by atoms with Gasteiger partial charge in [-0.2, -0.15) is 0 Å². The van der Waals surface area contributed by atoms with E-state index in [1.54, 1.807) is 24.3 Å². The predicted molar refractivity (Wildman–Crippen MR) is 134 cm³/mol. The van der Waals surface area contributed by atoms with Gasteiger partial charge in [0.2, 0.25) is 5.91 Å². The van der Waals surface area contributed by atoms with E-state index in [1.165, 1.54) is 16.6 Å². The summed E-state index contributed by atoms with van der Waals surface area (Å²) in [5.74, 6) is -1.06. The smallest absolute Gasteiger partial charge is 0.330 e. The maximum Gasteiger partial charge on any atom is 0.330 e.